The maximum atomic E-state index is 5.92. The number of nitrogens with zero attached hydrogens (tertiary/aromatic N) is 3. The number of H-pyrrole nitrogens is 1. The van der Waals surface area contributed by atoms with E-state index in [1.54, 1.807) is 11.3 Å². The van der Waals surface area contributed by atoms with Crippen LogP contribution in [0.5, 0.6) is 5.75 Å². The van der Waals surface area contributed by atoms with Crippen molar-refractivity contribution < 1.29 is 4.74 Å². The first-order valence-corrected chi connectivity index (χ1v) is 10.8. The van der Waals surface area contributed by atoms with E-state index in [4.69, 9.17) is 4.74 Å². The molecule has 1 unspecified atom stereocenters. The molecule has 1 fully saturated rings. The maximum Gasteiger partial charge on any atom is 0.130 e. The molecule has 28 heavy (non-hydrogen) atoms. The molecule has 1 N–H and O–H groups in total. The van der Waals surface area contributed by atoms with E-state index in [-0.39, 0.29) is 0 Å². The highest BCUT2D eigenvalue weighted by atomic mass is 32.1. The van der Waals surface area contributed by atoms with Gasteiger partial charge in [0.15, 0.2) is 0 Å². The summed E-state index contributed by atoms with van der Waals surface area (Å²) in [7, 11) is 0. The molecule has 4 rings (SSSR count). The van der Waals surface area contributed by atoms with Crippen LogP contribution in [0.2, 0.25) is 0 Å². The predicted molar refractivity (Wildman–Crippen MR) is 113 cm³/mol. The number of hydrogen-bond donors (Lipinski definition) is 1. The van der Waals surface area contributed by atoms with E-state index in [1.165, 1.54) is 10.4 Å². The Morgan fingerprint density at radius 2 is 2.11 bits per heavy atom. The van der Waals surface area contributed by atoms with E-state index in [0.717, 1.165) is 48.2 Å². The molecule has 1 aliphatic heterocycles. The number of aromatic nitrogens is 3. The highest BCUT2D eigenvalue weighted by Crippen LogP contribution is 2.28. The summed E-state index contributed by atoms with van der Waals surface area (Å²) in [6.07, 6.45) is 3.16. The molecule has 3 aromatic rings. The summed E-state index contributed by atoms with van der Waals surface area (Å²) in [5, 5.41) is 8.84. The second-order valence-electron chi connectivity index (χ2n) is 7.90. The summed E-state index contributed by atoms with van der Waals surface area (Å²) in [6, 6.07) is 10.5. The summed E-state index contributed by atoms with van der Waals surface area (Å²) >= 11 is 1.79. The fraction of sp³-hybridized carbons (Fsp3) is 0.455. The number of rotatable bonds is 7. The van der Waals surface area contributed by atoms with Gasteiger partial charge in [-0.25, -0.2) is 4.98 Å². The second kappa shape index (κ2) is 8.45. The topological polar surface area (TPSA) is 54.0 Å². The molecule has 0 bridgehead atoms. The van der Waals surface area contributed by atoms with Gasteiger partial charge in [-0.3, -0.25) is 10.00 Å². The first kappa shape index (κ1) is 19.2. The van der Waals surface area contributed by atoms with Crippen molar-refractivity contribution >= 4 is 11.3 Å². The predicted octanol–water partition coefficient (Wildman–Crippen LogP) is 4.87. The Labute approximate surface area is 170 Å². The zero-order chi connectivity index (χ0) is 19.5. The summed E-state index contributed by atoms with van der Waals surface area (Å²) < 4.78 is 5.92. The highest BCUT2D eigenvalue weighted by molar-refractivity contribution is 7.11. The lowest BCUT2D eigenvalue weighted by Gasteiger charge is -2.13. The van der Waals surface area contributed by atoms with Gasteiger partial charge in [0.1, 0.15) is 12.4 Å². The van der Waals surface area contributed by atoms with Gasteiger partial charge >= 0.3 is 0 Å². The molecule has 1 saturated heterocycles. The fourth-order valence-corrected chi connectivity index (χ4v) is 4.53. The number of aryl methyl sites for hydroxylation is 1. The molecule has 2 aromatic heterocycles. The minimum Gasteiger partial charge on any atom is -0.487 e. The number of ether oxygens (including phenoxy) is 1. The molecule has 0 radical (unpaired) electrons. The van der Waals surface area contributed by atoms with Crippen LogP contribution < -0.4 is 4.74 Å². The lowest BCUT2D eigenvalue weighted by atomic mass is 10.0. The van der Waals surface area contributed by atoms with Gasteiger partial charge < -0.3 is 4.74 Å². The lowest BCUT2D eigenvalue weighted by Crippen LogP contribution is -2.19. The Morgan fingerprint density at radius 1 is 1.29 bits per heavy atom. The van der Waals surface area contributed by atoms with Gasteiger partial charge in [0, 0.05) is 30.1 Å². The Morgan fingerprint density at radius 3 is 2.82 bits per heavy atom. The van der Waals surface area contributed by atoms with Crippen molar-refractivity contribution in [1.29, 1.82) is 0 Å². The summed E-state index contributed by atoms with van der Waals surface area (Å²) in [6.45, 7) is 10.1. The Kier molecular flexibility index (Phi) is 5.78. The second-order valence-corrected chi connectivity index (χ2v) is 9.22. The Hall–Kier alpha value is -2.18. The Bertz CT molecular complexity index is 899. The average Bonchev–Trinajstić information content (AvgIpc) is 3.42. The van der Waals surface area contributed by atoms with Crippen molar-refractivity contribution in [3.05, 3.63) is 63.4 Å². The number of thiazole rings is 1. The van der Waals surface area contributed by atoms with Crippen LogP contribution in [-0.4, -0.2) is 33.2 Å². The largest absolute Gasteiger partial charge is 0.487 e. The molecule has 1 aliphatic rings. The highest BCUT2D eigenvalue weighted by Gasteiger charge is 2.26. The van der Waals surface area contributed by atoms with Crippen molar-refractivity contribution in [2.24, 2.45) is 0 Å². The average molecular weight is 397 g/mol. The summed E-state index contributed by atoms with van der Waals surface area (Å²) in [5.74, 6) is 1.92. The molecule has 6 heteroatoms. The standard InChI is InChI=1S/C22H28N4OS/c1-15(2)17-4-6-20(7-5-17)27-14-19-10-22(25-24-19)18-8-9-26(12-18)13-21-11-23-16(3)28-21/h4-7,10-11,15,18H,8-9,12-14H2,1-3H3,(H,24,25). The zero-order valence-corrected chi connectivity index (χ0v) is 17.6. The molecule has 3 heterocycles. The summed E-state index contributed by atoms with van der Waals surface area (Å²) in [5.41, 5.74) is 3.51. The minimum atomic E-state index is 0.490. The molecule has 1 aromatic carbocycles. The van der Waals surface area contributed by atoms with Crippen molar-refractivity contribution in [1.82, 2.24) is 20.1 Å². The third kappa shape index (κ3) is 4.62. The number of aromatic amines is 1. The fourth-order valence-electron chi connectivity index (χ4n) is 3.69. The van der Waals surface area contributed by atoms with E-state index in [1.807, 2.05) is 18.3 Å². The van der Waals surface area contributed by atoms with E-state index in [2.05, 4.69) is 59.1 Å². The van der Waals surface area contributed by atoms with Gasteiger partial charge in [-0.2, -0.15) is 5.10 Å². The van der Waals surface area contributed by atoms with Gasteiger partial charge in [-0.1, -0.05) is 26.0 Å². The first-order valence-electron chi connectivity index (χ1n) is 9.97. The van der Waals surface area contributed by atoms with E-state index in [0.29, 0.717) is 18.4 Å². The third-order valence-corrected chi connectivity index (χ3v) is 6.23. The molecule has 0 saturated carbocycles. The van der Waals surface area contributed by atoms with Gasteiger partial charge in [0.2, 0.25) is 0 Å². The quantitative estimate of drug-likeness (QED) is 0.619. The van der Waals surface area contributed by atoms with Crippen LogP contribution >= 0.6 is 11.3 Å². The van der Waals surface area contributed by atoms with E-state index in [9.17, 15) is 0 Å². The van der Waals surface area contributed by atoms with Crippen molar-refractivity contribution in [2.45, 2.75) is 52.2 Å². The van der Waals surface area contributed by atoms with Crippen LogP contribution in [0.1, 0.15) is 58.9 Å². The van der Waals surface area contributed by atoms with Crippen molar-refractivity contribution in [3.8, 4) is 5.75 Å². The number of hydrogen-bond acceptors (Lipinski definition) is 5. The number of benzene rings is 1. The monoisotopic (exact) mass is 396 g/mol. The van der Waals surface area contributed by atoms with Gasteiger partial charge in [0.05, 0.1) is 16.4 Å². The molecule has 0 amide bonds. The molecule has 148 valence electrons. The molecule has 0 aliphatic carbocycles. The molecule has 1 atom stereocenters. The molecular weight excluding hydrogens is 368 g/mol. The van der Waals surface area contributed by atoms with Gasteiger partial charge in [-0.15, -0.1) is 11.3 Å². The van der Waals surface area contributed by atoms with Crippen LogP contribution in [0, 0.1) is 6.92 Å². The normalized spacial score (nSPS) is 17.5. The molecule has 0 spiro atoms. The molecule has 5 nitrogen and oxygen atoms in total. The first-order chi connectivity index (χ1) is 13.6. The van der Waals surface area contributed by atoms with Crippen LogP contribution in [0.3, 0.4) is 0 Å². The SMILES string of the molecule is Cc1ncc(CN2CCC(c3cc(COc4ccc(C(C)C)cc4)[nH]n3)C2)s1. The number of likely N-dealkylation sites (tertiary alicyclic amines) is 1. The van der Waals surface area contributed by atoms with Crippen LogP contribution in [0.4, 0.5) is 0 Å². The summed E-state index contributed by atoms with van der Waals surface area (Å²) in [4.78, 5) is 8.20. The van der Waals surface area contributed by atoms with Crippen molar-refractivity contribution in [2.75, 3.05) is 13.1 Å². The van der Waals surface area contributed by atoms with Crippen LogP contribution in [0.25, 0.3) is 0 Å². The van der Waals surface area contributed by atoms with Crippen LogP contribution in [-0.2, 0) is 13.2 Å². The minimum absolute atomic E-state index is 0.490. The molecular formula is C22H28N4OS. The maximum absolute atomic E-state index is 5.92. The van der Waals surface area contributed by atoms with E-state index >= 15 is 0 Å². The number of nitrogens with one attached hydrogen (secondary N) is 1. The third-order valence-electron chi connectivity index (χ3n) is 5.33. The lowest BCUT2D eigenvalue weighted by molar-refractivity contribution is 0.301. The van der Waals surface area contributed by atoms with E-state index < -0.39 is 0 Å². The zero-order valence-electron chi connectivity index (χ0n) is 16.8. The van der Waals surface area contributed by atoms with Gasteiger partial charge in [0.25, 0.3) is 0 Å². The smallest absolute Gasteiger partial charge is 0.130 e. The van der Waals surface area contributed by atoms with Gasteiger partial charge in [-0.05, 0) is 49.6 Å². The Balaban J connectivity index is 1.29. The van der Waals surface area contributed by atoms with Crippen molar-refractivity contribution in [3.63, 3.8) is 0 Å². The van der Waals surface area contributed by atoms with Crippen LogP contribution in [0.15, 0.2) is 36.5 Å².